The molecule has 1 atom stereocenters. The highest BCUT2D eigenvalue weighted by atomic mass is 35.5. The van der Waals surface area contributed by atoms with E-state index < -0.39 is 11.6 Å². The summed E-state index contributed by atoms with van der Waals surface area (Å²) in [5.74, 6) is -1.06. The Kier molecular flexibility index (Phi) is 5.99. The van der Waals surface area contributed by atoms with Crippen molar-refractivity contribution in [3.8, 4) is 11.6 Å². The van der Waals surface area contributed by atoms with Crippen molar-refractivity contribution in [1.29, 1.82) is 0 Å². The second-order valence-electron chi connectivity index (χ2n) is 7.20. The van der Waals surface area contributed by atoms with Crippen LogP contribution >= 0.6 is 11.6 Å². The van der Waals surface area contributed by atoms with Gasteiger partial charge in [0.25, 0.3) is 5.91 Å². The summed E-state index contributed by atoms with van der Waals surface area (Å²) in [6.07, 6.45) is 1.35. The first-order valence-corrected chi connectivity index (χ1v) is 10.0. The normalized spacial score (nSPS) is 16.3. The fraction of sp³-hybridized carbons (Fsp3) is 0.227. The number of benzene rings is 2. The van der Waals surface area contributed by atoms with Crippen molar-refractivity contribution in [2.24, 2.45) is 0 Å². The molecule has 6 nitrogen and oxygen atoms in total. The highest BCUT2D eigenvalue weighted by Gasteiger charge is 2.29. The lowest BCUT2D eigenvalue weighted by Crippen LogP contribution is -2.54. The Morgan fingerprint density at radius 2 is 1.94 bits per heavy atom. The van der Waals surface area contributed by atoms with Gasteiger partial charge in [-0.1, -0.05) is 17.7 Å². The number of ether oxygens (including phenoxy) is 1. The molecule has 0 spiro atoms. The summed E-state index contributed by atoms with van der Waals surface area (Å²) < 4.78 is 32.0. The predicted molar refractivity (Wildman–Crippen MR) is 113 cm³/mol. The number of amides is 1. The second kappa shape index (κ2) is 8.85. The number of aromatic nitrogens is 2. The van der Waals surface area contributed by atoms with Crippen LogP contribution in [0.5, 0.6) is 11.6 Å². The van der Waals surface area contributed by atoms with E-state index in [0.29, 0.717) is 36.0 Å². The molecular formula is C22H19ClF2N4O2. The van der Waals surface area contributed by atoms with Gasteiger partial charge in [0.15, 0.2) is 11.6 Å². The third-order valence-electron chi connectivity index (χ3n) is 5.02. The van der Waals surface area contributed by atoms with Gasteiger partial charge in [0, 0.05) is 48.4 Å². The van der Waals surface area contributed by atoms with Gasteiger partial charge in [-0.15, -0.1) is 0 Å². The molecule has 9 heteroatoms. The first kappa shape index (κ1) is 21.0. The monoisotopic (exact) mass is 444 g/mol. The average molecular weight is 445 g/mol. The molecule has 160 valence electrons. The van der Waals surface area contributed by atoms with Crippen molar-refractivity contribution in [3.63, 3.8) is 0 Å². The summed E-state index contributed by atoms with van der Waals surface area (Å²) in [5.41, 5.74) is 0.553. The SMILES string of the molecule is CC1CN(c2cc(Oc3ccc(F)c(F)c3)ncn2)CCN1C(=O)c1cccc(Cl)c1. The Morgan fingerprint density at radius 3 is 2.68 bits per heavy atom. The molecule has 1 saturated heterocycles. The number of anilines is 1. The molecule has 1 fully saturated rings. The summed E-state index contributed by atoms with van der Waals surface area (Å²) in [7, 11) is 0. The number of carbonyl (C=O) groups excluding carboxylic acids is 1. The molecule has 1 aliphatic heterocycles. The van der Waals surface area contributed by atoms with E-state index in [0.717, 1.165) is 12.1 Å². The van der Waals surface area contributed by atoms with E-state index in [1.807, 2.05) is 16.7 Å². The van der Waals surface area contributed by atoms with Gasteiger partial charge >= 0.3 is 0 Å². The van der Waals surface area contributed by atoms with Crippen molar-refractivity contribution < 1.29 is 18.3 Å². The van der Waals surface area contributed by atoms with Crippen LogP contribution in [0, 0.1) is 11.6 Å². The molecule has 0 aliphatic carbocycles. The van der Waals surface area contributed by atoms with Crippen LogP contribution in [0.3, 0.4) is 0 Å². The third-order valence-corrected chi connectivity index (χ3v) is 5.26. The predicted octanol–water partition coefficient (Wildman–Crippen LogP) is 4.55. The van der Waals surface area contributed by atoms with Crippen molar-refractivity contribution in [3.05, 3.63) is 77.1 Å². The first-order valence-electron chi connectivity index (χ1n) is 9.67. The summed E-state index contributed by atoms with van der Waals surface area (Å²) in [4.78, 5) is 25.0. The molecule has 1 amide bonds. The summed E-state index contributed by atoms with van der Waals surface area (Å²) in [6, 6.07) is 11.7. The minimum absolute atomic E-state index is 0.0641. The Balaban J connectivity index is 1.45. The highest BCUT2D eigenvalue weighted by Crippen LogP contribution is 2.25. The van der Waals surface area contributed by atoms with Crippen LogP contribution in [0.4, 0.5) is 14.6 Å². The molecule has 1 aromatic heterocycles. The Labute approximate surface area is 183 Å². The summed E-state index contributed by atoms with van der Waals surface area (Å²) in [6.45, 7) is 3.61. The van der Waals surface area contributed by atoms with Crippen LogP contribution in [-0.4, -0.2) is 46.5 Å². The van der Waals surface area contributed by atoms with E-state index in [9.17, 15) is 13.6 Å². The van der Waals surface area contributed by atoms with Gasteiger partial charge < -0.3 is 14.5 Å². The van der Waals surface area contributed by atoms with Crippen molar-refractivity contribution in [1.82, 2.24) is 14.9 Å². The van der Waals surface area contributed by atoms with E-state index in [1.165, 1.54) is 12.4 Å². The molecule has 3 aromatic rings. The Hall–Kier alpha value is -3.26. The topological polar surface area (TPSA) is 58.6 Å². The highest BCUT2D eigenvalue weighted by molar-refractivity contribution is 6.30. The standard InChI is InChI=1S/C22H19ClF2N4O2/c1-14-12-28(7-8-29(14)22(30)15-3-2-4-16(23)9-15)20-11-21(27-13-26-20)31-17-5-6-18(24)19(25)10-17/h2-6,9-11,13-14H,7-8,12H2,1H3. The van der Waals surface area contributed by atoms with Crippen LogP contribution in [0.1, 0.15) is 17.3 Å². The Morgan fingerprint density at radius 1 is 1.10 bits per heavy atom. The molecule has 1 aliphatic rings. The van der Waals surface area contributed by atoms with Crippen LogP contribution in [-0.2, 0) is 0 Å². The molecule has 1 unspecified atom stereocenters. The number of hydrogen-bond acceptors (Lipinski definition) is 5. The number of nitrogens with zero attached hydrogens (tertiary/aromatic N) is 4. The van der Waals surface area contributed by atoms with Gasteiger partial charge in [0.05, 0.1) is 0 Å². The fourth-order valence-corrected chi connectivity index (χ4v) is 3.66. The summed E-state index contributed by atoms with van der Waals surface area (Å²) in [5, 5.41) is 0.520. The number of halogens is 3. The summed E-state index contributed by atoms with van der Waals surface area (Å²) >= 11 is 6.01. The van der Waals surface area contributed by atoms with Crippen LogP contribution in [0.25, 0.3) is 0 Å². The fourth-order valence-electron chi connectivity index (χ4n) is 3.47. The molecule has 2 aromatic carbocycles. The number of rotatable bonds is 4. The van der Waals surface area contributed by atoms with Crippen LogP contribution in [0.15, 0.2) is 54.9 Å². The molecule has 0 saturated carbocycles. The zero-order valence-electron chi connectivity index (χ0n) is 16.6. The molecular weight excluding hydrogens is 426 g/mol. The van der Waals surface area contributed by atoms with E-state index in [-0.39, 0.29) is 23.6 Å². The lowest BCUT2D eigenvalue weighted by molar-refractivity contribution is 0.0673. The molecule has 2 heterocycles. The maximum atomic E-state index is 13.4. The lowest BCUT2D eigenvalue weighted by Gasteiger charge is -2.40. The largest absolute Gasteiger partial charge is 0.439 e. The number of hydrogen-bond donors (Lipinski definition) is 0. The third kappa shape index (κ3) is 4.74. The van der Waals surface area contributed by atoms with Crippen molar-refractivity contribution in [2.45, 2.75) is 13.0 Å². The zero-order valence-corrected chi connectivity index (χ0v) is 17.4. The van der Waals surface area contributed by atoms with Gasteiger partial charge in [0.2, 0.25) is 5.88 Å². The zero-order chi connectivity index (χ0) is 22.0. The van der Waals surface area contributed by atoms with Gasteiger partial charge in [-0.05, 0) is 37.3 Å². The lowest BCUT2D eigenvalue weighted by atomic mass is 10.1. The molecule has 31 heavy (non-hydrogen) atoms. The maximum Gasteiger partial charge on any atom is 0.254 e. The molecule has 0 radical (unpaired) electrons. The van der Waals surface area contributed by atoms with Gasteiger partial charge in [0.1, 0.15) is 17.9 Å². The van der Waals surface area contributed by atoms with Crippen LogP contribution in [0.2, 0.25) is 5.02 Å². The average Bonchev–Trinajstić information content (AvgIpc) is 2.76. The minimum Gasteiger partial charge on any atom is -0.439 e. The van der Waals surface area contributed by atoms with E-state index in [2.05, 4.69) is 9.97 Å². The van der Waals surface area contributed by atoms with Crippen molar-refractivity contribution in [2.75, 3.05) is 24.5 Å². The quantitative estimate of drug-likeness (QED) is 0.590. The van der Waals surface area contributed by atoms with E-state index in [1.54, 1.807) is 30.3 Å². The maximum absolute atomic E-state index is 13.4. The molecule has 0 N–H and O–H groups in total. The molecule has 0 bridgehead atoms. The van der Waals surface area contributed by atoms with Gasteiger partial charge in [-0.25, -0.2) is 18.7 Å². The van der Waals surface area contributed by atoms with Gasteiger partial charge in [-0.2, -0.15) is 0 Å². The minimum atomic E-state index is -0.999. The van der Waals surface area contributed by atoms with E-state index in [4.69, 9.17) is 16.3 Å². The first-order chi connectivity index (χ1) is 14.9. The van der Waals surface area contributed by atoms with E-state index >= 15 is 0 Å². The smallest absolute Gasteiger partial charge is 0.254 e. The van der Waals surface area contributed by atoms with Gasteiger partial charge in [-0.3, -0.25) is 4.79 Å². The molecule has 4 rings (SSSR count). The second-order valence-corrected chi connectivity index (χ2v) is 7.63. The number of carbonyl (C=O) groups is 1. The van der Waals surface area contributed by atoms with Crippen molar-refractivity contribution >= 4 is 23.3 Å². The van der Waals surface area contributed by atoms with Crippen LogP contribution < -0.4 is 9.64 Å². The Bertz CT molecular complexity index is 1110. The number of piperazine rings is 1.